The van der Waals surface area contributed by atoms with E-state index in [1.165, 1.54) is 11.1 Å². The molecular weight excluding hydrogens is 392 g/mol. The molecule has 2 nitrogen and oxygen atoms in total. The zero-order valence-corrected chi connectivity index (χ0v) is 20.3. The van der Waals surface area contributed by atoms with E-state index in [4.69, 9.17) is 4.74 Å². The van der Waals surface area contributed by atoms with Crippen LogP contribution in [0.5, 0.6) is 11.5 Å². The Bertz CT molecular complexity index is 1040. The van der Waals surface area contributed by atoms with Gasteiger partial charge in [0.1, 0.15) is 17.1 Å². The molecule has 3 aromatic carbocycles. The number of ether oxygens (including phenoxy) is 1. The van der Waals surface area contributed by atoms with Crippen LogP contribution in [0.3, 0.4) is 0 Å². The molecule has 1 heterocycles. The number of benzene rings is 3. The molecule has 1 N–H and O–H groups in total. The molecule has 0 bridgehead atoms. The zero-order valence-electron chi connectivity index (χ0n) is 20.3. The Hall–Kier alpha value is -2.74. The summed E-state index contributed by atoms with van der Waals surface area (Å²) in [4.78, 5) is 0. The fourth-order valence-electron chi connectivity index (χ4n) is 5.12. The molecule has 0 saturated carbocycles. The highest BCUT2D eigenvalue weighted by Gasteiger charge is 2.44. The summed E-state index contributed by atoms with van der Waals surface area (Å²) in [6.45, 7) is 13.0. The van der Waals surface area contributed by atoms with Crippen molar-refractivity contribution < 1.29 is 9.84 Å². The van der Waals surface area contributed by atoms with Crippen LogP contribution in [0.4, 0.5) is 0 Å². The summed E-state index contributed by atoms with van der Waals surface area (Å²) in [5.41, 5.74) is 4.95. The predicted molar refractivity (Wildman–Crippen MR) is 133 cm³/mol. The van der Waals surface area contributed by atoms with Crippen LogP contribution in [0.15, 0.2) is 66.7 Å². The SMILES string of the molecule is CC(C)(C)c1cc2c(c(C(C)(C)C)c1O)CC(Cc1ccccc1)(Cc1ccccc1)O2. The van der Waals surface area contributed by atoms with Crippen molar-refractivity contribution >= 4 is 0 Å². The summed E-state index contributed by atoms with van der Waals surface area (Å²) in [5, 5.41) is 11.4. The van der Waals surface area contributed by atoms with E-state index in [2.05, 4.69) is 108 Å². The van der Waals surface area contributed by atoms with Crippen LogP contribution in [-0.4, -0.2) is 10.7 Å². The second-order valence-corrected chi connectivity index (χ2v) is 11.4. The molecule has 0 spiro atoms. The molecule has 4 rings (SSSR count). The third-order valence-corrected chi connectivity index (χ3v) is 6.49. The van der Waals surface area contributed by atoms with Gasteiger partial charge < -0.3 is 9.84 Å². The maximum absolute atomic E-state index is 11.4. The van der Waals surface area contributed by atoms with Gasteiger partial charge >= 0.3 is 0 Å². The summed E-state index contributed by atoms with van der Waals surface area (Å²) < 4.78 is 6.92. The summed E-state index contributed by atoms with van der Waals surface area (Å²) in [6, 6.07) is 23.3. The molecule has 32 heavy (non-hydrogen) atoms. The second kappa shape index (κ2) is 7.99. The summed E-state index contributed by atoms with van der Waals surface area (Å²) in [6.07, 6.45) is 2.44. The monoisotopic (exact) mass is 428 g/mol. The molecule has 1 aliphatic rings. The minimum absolute atomic E-state index is 0.174. The molecule has 2 heteroatoms. The van der Waals surface area contributed by atoms with Gasteiger partial charge in [0.25, 0.3) is 0 Å². The average molecular weight is 429 g/mol. The van der Waals surface area contributed by atoms with Crippen molar-refractivity contribution in [1.82, 2.24) is 0 Å². The van der Waals surface area contributed by atoms with Gasteiger partial charge in [-0.2, -0.15) is 0 Å². The molecule has 0 aromatic heterocycles. The van der Waals surface area contributed by atoms with Gasteiger partial charge in [0.15, 0.2) is 0 Å². The Morgan fingerprint density at radius 1 is 0.781 bits per heavy atom. The van der Waals surface area contributed by atoms with E-state index >= 15 is 0 Å². The Morgan fingerprint density at radius 2 is 1.28 bits per heavy atom. The number of phenolic OH excluding ortho intramolecular Hbond substituents is 1. The highest BCUT2D eigenvalue weighted by Crippen LogP contribution is 2.50. The maximum Gasteiger partial charge on any atom is 0.124 e. The number of hydrogen-bond donors (Lipinski definition) is 1. The van der Waals surface area contributed by atoms with Gasteiger partial charge in [-0.05, 0) is 28.0 Å². The van der Waals surface area contributed by atoms with E-state index in [1.54, 1.807) is 0 Å². The molecule has 0 aliphatic carbocycles. The third kappa shape index (κ3) is 4.41. The highest BCUT2D eigenvalue weighted by atomic mass is 16.5. The number of hydrogen-bond acceptors (Lipinski definition) is 2. The molecular formula is C30H36O2. The molecule has 0 amide bonds. The number of rotatable bonds is 4. The Labute approximate surface area is 193 Å². The lowest BCUT2D eigenvalue weighted by atomic mass is 9.75. The van der Waals surface area contributed by atoms with Crippen LogP contribution in [0, 0.1) is 0 Å². The van der Waals surface area contributed by atoms with E-state index < -0.39 is 0 Å². The first kappa shape index (κ1) is 22.5. The topological polar surface area (TPSA) is 29.5 Å². The second-order valence-electron chi connectivity index (χ2n) is 11.4. The Morgan fingerprint density at radius 3 is 1.72 bits per heavy atom. The van der Waals surface area contributed by atoms with Gasteiger partial charge in [-0.3, -0.25) is 0 Å². The molecule has 168 valence electrons. The van der Waals surface area contributed by atoms with Gasteiger partial charge in [0.05, 0.1) is 0 Å². The van der Waals surface area contributed by atoms with Crippen LogP contribution < -0.4 is 4.74 Å². The quantitative estimate of drug-likeness (QED) is 0.478. The van der Waals surface area contributed by atoms with Crippen molar-refractivity contribution in [3.8, 4) is 11.5 Å². The van der Waals surface area contributed by atoms with Crippen molar-refractivity contribution in [3.63, 3.8) is 0 Å². The van der Waals surface area contributed by atoms with Crippen LogP contribution in [0.1, 0.15) is 69.4 Å². The van der Waals surface area contributed by atoms with Gasteiger partial charge in [-0.25, -0.2) is 0 Å². The van der Waals surface area contributed by atoms with Gasteiger partial charge in [-0.15, -0.1) is 0 Å². The average Bonchev–Trinajstić information content (AvgIpc) is 3.04. The number of aromatic hydroxyl groups is 1. The lowest BCUT2D eigenvalue weighted by Crippen LogP contribution is -2.39. The molecule has 0 saturated heterocycles. The van der Waals surface area contributed by atoms with Crippen molar-refractivity contribution in [2.24, 2.45) is 0 Å². The first-order valence-electron chi connectivity index (χ1n) is 11.7. The number of fused-ring (bicyclic) bond motifs is 1. The van der Waals surface area contributed by atoms with Crippen LogP contribution in [0.2, 0.25) is 0 Å². The van der Waals surface area contributed by atoms with E-state index in [1.807, 2.05) is 0 Å². The molecule has 0 fully saturated rings. The highest BCUT2D eigenvalue weighted by molar-refractivity contribution is 5.60. The lowest BCUT2D eigenvalue weighted by Gasteiger charge is -2.30. The van der Waals surface area contributed by atoms with Gasteiger partial charge in [0.2, 0.25) is 0 Å². The Kier molecular flexibility index (Phi) is 5.61. The standard InChI is InChI=1S/C30H36O2/c1-28(2,3)24-17-25-23(26(27(24)31)29(4,5)6)20-30(32-25,18-21-13-9-7-10-14-21)19-22-15-11-8-12-16-22/h7-17,31H,18-20H2,1-6H3. The predicted octanol–water partition coefficient (Wildman–Crippen LogP) is 7.15. The van der Waals surface area contributed by atoms with Gasteiger partial charge in [0, 0.05) is 36.0 Å². The number of phenols is 1. The summed E-state index contributed by atoms with van der Waals surface area (Å²) >= 11 is 0. The van der Waals surface area contributed by atoms with Crippen LogP contribution >= 0.6 is 0 Å². The normalized spacial score (nSPS) is 15.3. The van der Waals surface area contributed by atoms with Crippen molar-refractivity contribution in [3.05, 3.63) is 94.5 Å². The first-order valence-corrected chi connectivity index (χ1v) is 11.7. The maximum atomic E-state index is 11.4. The summed E-state index contributed by atoms with van der Waals surface area (Å²) in [5.74, 6) is 1.37. The van der Waals surface area contributed by atoms with Crippen molar-refractivity contribution in [2.75, 3.05) is 0 Å². The molecule has 0 atom stereocenters. The van der Waals surface area contributed by atoms with Gasteiger partial charge in [-0.1, -0.05) is 102 Å². The third-order valence-electron chi connectivity index (χ3n) is 6.49. The first-order chi connectivity index (χ1) is 15.0. The van der Waals surface area contributed by atoms with Crippen molar-refractivity contribution in [2.45, 2.75) is 77.2 Å². The minimum atomic E-state index is -0.381. The fourth-order valence-corrected chi connectivity index (χ4v) is 5.12. The van der Waals surface area contributed by atoms with Crippen LogP contribution in [-0.2, 0) is 30.1 Å². The Balaban J connectivity index is 1.85. The van der Waals surface area contributed by atoms with E-state index in [0.29, 0.717) is 5.75 Å². The fraction of sp³-hybridized carbons (Fsp3) is 0.400. The van der Waals surface area contributed by atoms with Crippen molar-refractivity contribution in [1.29, 1.82) is 0 Å². The smallest absolute Gasteiger partial charge is 0.124 e. The van der Waals surface area contributed by atoms with E-state index in [0.717, 1.165) is 41.7 Å². The zero-order chi connectivity index (χ0) is 23.1. The molecule has 0 radical (unpaired) electrons. The van der Waals surface area contributed by atoms with E-state index in [9.17, 15) is 5.11 Å². The molecule has 1 aliphatic heterocycles. The molecule has 0 unspecified atom stereocenters. The lowest BCUT2D eigenvalue weighted by molar-refractivity contribution is 0.0949. The largest absolute Gasteiger partial charge is 0.507 e. The minimum Gasteiger partial charge on any atom is -0.507 e. The summed E-state index contributed by atoms with van der Waals surface area (Å²) in [7, 11) is 0. The van der Waals surface area contributed by atoms with E-state index in [-0.39, 0.29) is 16.4 Å². The van der Waals surface area contributed by atoms with Crippen LogP contribution in [0.25, 0.3) is 0 Å². The molecule has 3 aromatic rings.